The Labute approximate surface area is 227 Å². The molecule has 1 fully saturated rings. The maximum absolute atomic E-state index is 12.8. The van der Waals surface area contributed by atoms with Gasteiger partial charge in [-0.15, -0.1) is 0 Å². The summed E-state index contributed by atoms with van der Waals surface area (Å²) in [4.78, 5) is 37.8. The molecule has 1 saturated heterocycles. The third-order valence-electron chi connectivity index (χ3n) is 5.99. The number of ether oxygens (including phenoxy) is 2. The van der Waals surface area contributed by atoms with Crippen LogP contribution in [0.15, 0.2) is 42.6 Å². The number of ketones is 1. The summed E-state index contributed by atoms with van der Waals surface area (Å²) in [6.07, 6.45) is -2.15. The Hall–Kier alpha value is -2.18. The van der Waals surface area contributed by atoms with Crippen molar-refractivity contribution in [1.29, 1.82) is 0 Å². The number of aliphatic hydroxyl groups excluding tert-OH is 1. The molecule has 6 atom stereocenters. The second kappa shape index (κ2) is 12.3. The first kappa shape index (κ1) is 30.4. The summed E-state index contributed by atoms with van der Waals surface area (Å²) in [5.74, 6) is -1.29. The van der Waals surface area contributed by atoms with Crippen LogP contribution >= 0.6 is 6.64 Å². The lowest BCUT2D eigenvalue weighted by atomic mass is 9.95. The molecule has 0 saturated carbocycles. The maximum Gasteiger partial charge on any atom is 0.324 e. The van der Waals surface area contributed by atoms with Gasteiger partial charge >= 0.3 is 12.6 Å². The minimum absolute atomic E-state index is 0.232. The number of rotatable bonds is 11. The van der Waals surface area contributed by atoms with Crippen molar-refractivity contribution in [3.63, 3.8) is 0 Å². The lowest BCUT2D eigenvalue weighted by Crippen LogP contribution is -2.54. The Balaban J connectivity index is 1.81. The van der Waals surface area contributed by atoms with Gasteiger partial charge in [-0.3, -0.25) is 19.3 Å². The highest BCUT2D eigenvalue weighted by atomic mass is 32.5. The number of para-hydroxylation sites is 1. The van der Waals surface area contributed by atoms with E-state index in [1.165, 1.54) is 19.2 Å². The van der Waals surface area contributed by atoms with Crippen LogP contribution in [0.3, 0.4) is 0 Å². The second-order valence-electron chi connectivity index (χ2n) is 9.99. The third-order valence-corrected chi connectivity index (χ3v) is 8.38. The van der Waals surface area contributed by atoms with Crippen LogP contribution in [0.5, 0.6) is 5.75 Å². The molecule has 11 nitrogen and oxygen atoms in total. The molecule has 0 radical (unpaired) electrons. The number of esters is 1. The van der Waals surface area contributed by atoms with Gasteiger partial charge in [-0.25, -0.2) is 5.09 Å². The summed E-state index contributed by atoms with van der Waals surface area (Å²) in [6.45, 7) is 4.64. The molecule has 3 N–H and O–H groups in total. The van der Waals surface area contributed by atoms with Crippen LogP contribution in [-0.2, 0) is 40.2 Å². The highest BCUT2D eigenvalue weighted by Gasteiger charge is 2.56. The summed E-state index contributed by atoms with van der Waals surface area (Å²) in [5.41, 5.74) is -1.88. The minimum atomic E-state index is -3.47. The minimum Gasteiger partial charge on any atom is -0.462 e. The van der Waals surface area contributed by atoms with Crippen LogP contribution in [0.2, 0.25) is 0 Å². The van der Waals surface area contributed by atoms with Gasteiger partial charge in [0, 0.05) is 6.20 Å². The molecule has 0 aromatic heterocycles. The molecular weight excluding hydrogens is 535 g/mol. The van der Waals surface area contributed by atoms with Crippen molar-refractivity contribution in [3.05, 3.63) is 42.6 Å². The van der Waals surface area contributed by atoms with Crippen molar-refractivity contribution < 1.29 is 43.1 Å². The van der Waals surface area contributed by atoms with Gasteiger partial charge < -0.3 is 28.7 Å². The zero-order valence-electron chi connectivity index (χ0n) is 22.0. The van der Waals surface area contributed by atoms with E-state index in [9.17, 15) is 24.6 Å². The zero-order valence-corrected chi connectivity index (χ0v) is 23.7. The van der Waals surface area contributed by atoms with E-state index in [0.29, 0.717) is 5.75 Å². The average molecular weight is 571 g/mol. The Morgan fingerprint density at radius 3 is 2.50 bits per heavy atom. The van der Waals surface area contributed by atoms with Gasteiger partial charge in [0.1, 0.15) is 29.6 Å². The summed E-state index contributed by atoms with van der Waals surface area (Å²) in [5, 5.41) is 24.9. The van der Waals surface area contributed by atoms with Gasteiger partial charge in [-0.1, -0.05) is 32.0 Å². The Morgan fingerprint density at radius 1 is 1.26 bits per heavy atom. The first-order valence-corrected chi connectivity index (χ1v) is 14.9. The van der Waals surface area contributed by atoms with Crippen molar-refractivity contribution in [2.24, 2.45) is 5.92 Å². The lowest BCUT2D eigenvalue weighted by Gasteiger charge is -2.34. The van der Waals surface area contributed by atoms with E-state index in [1.54, 1.807) is 44.2 Å². The normalized spacial score (nSPS) is 28.0. The highest BCUT2D eigenvalue weighted by molar-refractivity contribution is 8.09. The average Bonchev–Trinajstić information content (AvgIpc) is 3.05. The molecule has 0 spiro atoms. The molecule has 0 bridgehead atoms. The molecular formula is C25H35N2O9PS. The van der Waals surface area contributed by atoms with E-state index in [-0.39, 0.29) is 30.8 Å². The molecule has 1 aromatic carbocycles. The van der Waals surface area contributed by atoms with Crippen molar-refractivity contribution in [2.45, 2.75) is 77.2 Å². The summed E-state index contributed by atoms with van der Waals surface area (Å²) < 4.78 is 23.3. The van der Waals surface area contributed by atoms with E-state index in [0.717, 1.165) is 4.90 Å². The monoisotopic (exact) mass is 570 g/mol. The quantitative estimate of drug-likeness (QED) is 0.204. The lowest BCUT2D eigenvalue weighted by molar-refractivity contribution is -0.158. The fourth-order valence-corrected chi connectivity index (χ4v) is 6.41. The maximum atomic E-state index is 12.8. The van der Waals surface area contributed by atoms with Crippen molar-refractivity contribution in [1.82, 2.24) is 9.99 Å². The topological polar surface area (TPSA) is 144 Å². The van der Waals surface area contributed by atoms with Crippen molar-refractivity contribution in [3.8, 4) is 5.75 Å². The first-order valence-electron chi connectivity index (χ1n) is 12.3. The van der Waals surface area contributed by atoms with E-state index in [1.807, 2.05) is 13.8 Å². The SMILES string of the molecule is CC(C)OC(=O)[C@@H](NP(=S)(OC[C@H]1O[C@@H](N2C=CC(=O)CC2=O)[C@](C)(O)[C@@H]1O)Oc1ccccc1)C(C)C. The van der Waals surface area contributed by atoms with Gasteiger partial charge in [0.2, 0.25) is 5.91 Å². The van der Waals surface area contributed by atoms with Crippen molar-refractivity contribution >= 4 is 36.1 Å². The number of nitrogens with one attached hydrogen (secondary N) is 1. The number of aliphatic hydroxyl groups is 2. The summed E-state index contributed by atoms with van der Waals surface area (Å²) in [7, 11) is 0. The Kier molecular flexibility index (Phi) is 9.86. The van der Waals surface area contributed by atoms with Gasteiger partial charge in [-0.05, 0) is 56.7 Å². The van der Waals surface area contributed by atoms with E-state index in [2.05, 4.69) is 5.09 Å². The van der Waals surface area contributed by atoms with E-state index < -0.39 is 48.6 Å². The standard InChI is InChI=1S/C25H35N2O9PS/c1-15(2)21(23(31)34-16(3)4)26-37(38,36-18-9-7-6-8-10-18)33-14-19-22(30)25(5,32)24(35-19)27-12-11-17(28)13-20(27)29/h6-12,15-16,19,21-22,24,30,32H,13-14H2,1-5H3,(H,26,38)/t19-,21+,22-,24-,25-,37?/m1/s1. The van der Waals surface area contributed by atoms with Crippen LogP contribution in [0.25, 0.3) is 0 Å². The molecule has 2 aliphatic heterocycles. The molecule has 38 heavy (non-hydrogen) atoms. The zero-order chi connectivity index (χ0) is 28.3. The predicted octanol–water partition coefficient (Wildman–Crippen LogP) is 2.02. The molecule has 2 heterocycles. The number of carbonyl (C=O) groups excluding carboxylic acids is 3. The number of amides is 1. The molecule has 1 amide bonds. The fourth-order valence-electron chi connectivity index (χ4n) is 3.96. The Morgan fingerprint density at radius 2 is 1.92 bits per heavy atom. The van der Waals surface area contributed by atoms with Crippen LogP contribution < -0.4 is 9.61 Å². The van der Waals surface area contributed by atoms with Crippen LogP contribution in [0, 0.1) is 5.92 Å². The van der Waals surface area contributed by atoms with Gasteiger partial charge in [0.25, 0.3) is 0 Å². The number of allylic oxidation sites excluding steroid dienone is 1. The van der Waals surface area contributed by atoms with Gasteiger partial charge in [0.05, 0.1) is 19.1 Å². The molecule has 0 aliphatic carbocycles. The number of hydrogen-bond acceptors (Lipinski definition) is 10. The summed E-state index contributed by atoms with van der Waals surface area (Å²) >= 11 is 5.76. The summed E-state index contributed by atoms with van der Waals surface area (Å²) in [6, 6.07) is 7.81. The van der Waals surface area contributed by atoms with E-state index >= 15 is 0 Å². The first-order chi connectivity index (χ1) is 17.7. The number of nitrogens with zero attached hydrogens (tertiary/aromatic N) is 1. The van der Waals surface area contributed by atoms with Gasteiger partial charge in [0.15, 0.2) is 12.0 Å². The van der Waals surface area contributed by atoms with Crippen LogP contribution in [0.1, 0.15) is 41.0 Å². The molecule has 1 aromatic rings. The van der Waals surface area contributed by atoms with Crippen LogP contribution in [-0.4, -0.2) is 75.6 Å². The van der Waals surface area contributed by atoms with Crippen molar-refractivity contribution in [2.75, 3.05) is 6.61 Å². The predicted molar refractivity (Wildman–Crippen MR) is 141 cm³/mol. The van der Waals surface area contributed by atoms with Gasteiger partial charge in [-0.2, -0.15) is 0 Å². The van der Waals surface area contributed by atoms with Crippen LogP contribution in [0.4, 0.5) is 0 Å². The van der Waals surface area contributed by atoms with E-state index in [4.69, 9.17) is 30.3 Å². The largest absolute Gasteiger partial charge is 0.462 e. The molecule has 2 aliphatic rings. The Bertz CT molecular complexity index is 1100. The fraction of sp³-hybridized carbons (Fsp3) is 0.560. The number of carbonyl (C=O) groups is 3. The number of hydrogen-bond donors (Lipinski definition) is 3. The number of benzene rings is 1. The molecule has 210 valence electrons. The highest BCUT2D eigenvalue weighted by Crippen LogP contribution is 2.47. The second-order valence-corrected chi connectivity index (χ2v) is 13.1. The third kappa shape index (κ3) is 7.26. The molecule has 13 heteroatoms. The molecule has 1 unspecified atom stereocenters. The smallest absolute Gasteiger partial charge is 0.324 e. The molecule has 3 rings (SSSR count).